The van der Waals surface area contributed by atoms with E-state index < -0.39 is 5.97 Å². The molecule has 0 atom stereocenters. The summed E-state index contributed by atoms with van der Waals surface area (Å²) in [6, 6.07) is 13.0. The van der Waals surface area contributed by atoms with Crippen molar-refractivity contribution in [2.75, 3.05) is 0 Å². The molecule has 0 saturated heterocycles. The van der Waals surface area contributed by atoms with Gasteiger partial charge in [0.1, 0.15) is 5.69 Å². The molecule has 3 heteroatoms. The van der Waals surface area contributed by atoms with Gasteiger partial charge >= 0.3 is 5.97 Å². The Morgan fingerprint density at radius 3 is 2.56 bits per heavy atom. The first-order chi connectivity index (χ1) is 7.77. The van der Waals surface area contributed by atoms with Crippen molar-refractivity contribution < 1.29 is 9.90 Å². The Balaban J connectivity index is 2.24. The highest BCUT2D eigenvalue weighted by Gasteiger charge is 2.05. The molecule has 0 unspecified atom stereocenters. The zero-order valence-electron chi connectivity index (χ0n) is 8.58. The molecule has 0 aliphatic rings. The van der Waals surface area contributed by atoms with Crippen LogP contribution in [0.25, 0.3) is 12.3 Å². The molecule has 16 heavy (non-hydrogen) atoms. The second kappa shape index (κ2) is 4.49. The highest BCUT2D eigenvalue weighted by molar-refractivity contribution is 5.87. The summed E-state index contributed by atoms with van der Waals surface area (Å²) in [4.78, 5) is 10.8. The first kappa shape index (κ1) is 10.2. The molecular formula is C13H11NO2. The second-order valence-corrected chi connectivity index (χ2v) is 3.33. The van der Waals surface area contributed by atoms with Crippen LogP contribution in [0.1, 0.15) is 16.1 Å². The van der Waals surface area contributed by atoms with E-state index in [2.05, 4.69) is 0 Å². The van der Waals surface area contributed by atoms with Crippen LogP contribution < -0.4 is 0 Å². The molecule has 80 valence electrons. The lowest BCUT2D eigenvalue weighted by atomic mass is 10.2. The van der Waals surface area contributed by atoms with Gasteiger partial charge in [-0.2, -0.15) is 0 Å². The molecule has 1 heterocycles. The smallest absolute Gasteiger partial charge is 0.352 e. The van der Waals surface area contributed by atoms with Gasteiger partial charge in [0, 0.05) is 12.4 Å². The Kier molecular flexibility index (Phi) is 2.87. The van der Waals surface area contributed by atoms with Crippen LogP contribution in [0.15, 0.2) is 48.7 Å². The van der Waals surface area contributed by atoms with Crippen LogP contribution in [0.2, 0.25) is 0 Å². The van der Waals surface area contributed by atoms with Crippen molar-refractivity contribution >= 4 is 18.2 Å². The summed E-state index contributed by atoms with van der Waals surface area (Å²) in [6.45, 7) is 0. The van der Waals surface area contributed by atoms with Crippen molar-refractivity contribution in [3.8, 4) is 0 Å². The van der Waals surface area contributed by atoms with E-state index >= 15 is 0 Å². The second-order valence-electron chi connectivity index (χ2n) is 3.33. The van der Waals surface area contributed by atoms with Gasteiger partial charge in [0.25, 0.3) is 0 Å². The first-order valence-corrected chi connectivity index (χ1v) is 4.91. The summed E-state index contributed by atoms with van der Waals surface area (Å²) in [7, 11) is 0. The minimum Gasteiger partial charge on any atom is -0.477 e. The summed E-state index contributed by atoms with van der Waals surface area (Å²) < 4.78 is 1.58. The first-order valence-electron chi connectivity index (χ1n) is 4.91. The van der Waals surface area contributed by atoms with E-state index in [1.54, 1.807) is 29.1 Å². The monoisotopic (exact) mass is 213 g/mol. The number of carboxylic acid groups (broad SMARTS) is 1. The van der Waals surface area contributed by atoms with Crippen molar-refractivity contribution in [2.24, 2.45) is 0 Å². The van der Waals surface area contributed by atoms with Crippen LogP contribution >= 0.6 is 0 Å². The summed E-state index contributed by atoms with van der Waals surface area (Å²) in [6.07, 6.45) is 5.31. The highest BCUT2D eigenvalue weighted by atomic mass is 16.4. The number of rotatable bonds is 3. The maximum atomic E-state index is 10.8. The lowest BCUT2D eigenvalue weighted by Crippen LogP contribution is -2.01. The van der Waals surface area contributed by atoms with Gasteiger partial charge in [-0.3, -0.25) is 0 Å². The van der Waals surface area contributed by atoms with Crippen LogP contribution in [0.4, 0.5) is 0 Å². The summed E-state index contributed by atoms with van der Waals surface area (Å²) in [5.41, 5.74) is 1.29. The third-order valence-electron chi connectivity index (χ3n) is 2.23. The molecule has 0 spiro atoms. The standard InChI is InChI=1S/C13H11NO2/c15-13(16)12-7-4-9-14(12)10-8-11-5-2-1-3-6-11/h1-10H,(H,15,16). The summed E-state index contributed by atoms with van der Waals surface area (Å²) in [5, 5.41) is 8.90. The topological polar surface area (TPSA) is 42.2 Å². The van der Waals surface area contributed by atoms with Crippen LogP contribution in [0.3, 0.4) is 0 Å². The average molecular weight is 213 g/mol. The fraction of sp³-hybridized carbons (Fsp3) is 0. The fourth-order valence-electron chi connectivity index (χ4n) is 1.44. The summed E-state index contributed by atoms with van der Waals surface area (Å²) in [5.74, 6) is -0.928. The van der Waals surface area contributed by atoms with E-state index in [-0.39, 0.29) is 5.69 Å². The molecule has 3 nitrogen and oxygen atoms in total. The molecule has 0 bridgehead atoms. The van der Waals surface area contributed by atoms with E-state index in [1.807, 2.05) is 36.4 Å². The lowest BCUT2D eigenvalue weighted by Gasteiger charge is -1.98. The Morgan fingerprint density at radius 1 is 1.12 bits per heavy atom. The minimum absolute atomic E-state index is 0.257. The quantitative estimate of drug-likeness (QED) is 0.851. The zero-order chi connectivity index (χ0) is 11.4. The third kappa shape index (κ3) is 2.20. The Morgan fingerprint density at radius 2 is 1.88 bits per heavy atom. The lowest BCUT2D eigenvalue weighted by molar-refractivity contribution is 0.0689. The fourth-order valence-corrected chi connectivity index (χ4v) is 1.44. The van der Waals surface area contributed by atoms with E-state index in [4.69, 9.17) is 5.11 Å². The van der Waals surface area contributed by atoms with Gasteiger partial charge in [-0.05, 0) is 23.8 Å². The minimum atomic E-state index is -0.928. The molecule has 0 radical (unpaired) electrons. The predicted octanol–water partition coefficient (Wildman–Crippen LogP) is 2.81. The van der Waals surface area contributed by atoms with Crippen molar-refractivity contribution in [1.82, 2.24) is 4.57 Å². The maximum absolute atomic E-state index is 10.8. The molecule has 0 saturated carbocycles. The Bertz CT molecular complexity index is 512. The van der Waals surface area contributed by atoms with Gasteiger partial charge in [-0.1, -0.05) is 30.3 Å². The van der Waals surface area contributed by atoms with Gasteiger partial charge in [-0.15, -0.1) is 0 Å². The van der Waals surface area contributed by atoms with Crippen LogP contribution in [0.5, 0.6) is 0 Å². The molecule has 1 aromatic heterocycles. The third-order valence-corrected chi connectivity index (χ3v) is 2.23. The number of carbonyl (C=O) groups is 1. The van der Waals surface area contributed by atoms with Crippen LogP contribution in [-0.2, 0) is 0 Å². The summed E-state index contributed by atoms with van der Waals surface area (Å²) >= 11 is 0. The normalized spacial score (nSPS) is 10.8. The number of aromatic carboxylic acids is 1. The molecule has 0 amide bonds. The number of carboxylic acids is 1. The van der Waals surface area contributed by atoms with Crippen LogP contribution in [-0.4, -0.2) is 15.6 Å². The Labute approximate surface area is 93.3 Å². The van der Waals surface area contributed by atoms with Gasteiger partial charge in [0.2, 0.25) is 0 Å². The van der Waals surface area contributed by atoms with E-state index in [0.717, 1.165) is 5.56 Å². The molecule has 1 aromatic carbocycles. The van der Waals surface area contributed by atoms with E-state index in [9.17, 15) is 4.79 Å². The maximum Gasteiger partial charge on any atom is 0.352 e. The van der Waals surface area contributed by atoms with Crippen molar-refractivity contribution in [1.29, 1.82) is 0 Å². The SMILES string of the molecule is O=C(O)c1cccn1C=Cc1ccccc1. The van der Waals surface area contributed by atoms with Gasteiger partial charge < -0.3 is 9.67 Å². The van der Waals surface area contributed by atoms with Crippen molar-refractivity contribution in [3.63, 3.8) is 0 Å². The zero-order valence-corrected chi connectivity index (χ0v) is 8.58. The molecule has 1 N–H and O–H groups in total. The number of hydrogen-bond acceptors (Lipinski definition) is 1. The molecule has 0 fully saturated rings. The van der Waals surface area contributed by atoms with Crippen LogP contribution in [0, 0.1) is 0 Å². The van der Waals surface area contributed by atoms with Gasteiger partial charge in [0.15, 0.2) is 0 Å². The molecule has 2 aromatic rings. The van der Waals surface area contributed by atoms with E-state index in [1.165, 1.54) is 0 Å². The van der Waals surface area contributed by atoms with Crippen molar-refractivity contribution in [3.05, 3.63) is 59.9 Å². The van der Waals surface area contributed by atoms with Gasteiger partial charge in [-0.25, -0.2) is 4.79 Å². The molecule has 0 aliphatic heterocycles. The Hall–Kier alpha value is -2.29. The largest absolute Gasteiger partial charge is 0.477 e. The van der Waals surface area contributed by atoms with E-state index in [0.29, 0.717) is 0 Å². The van der Waals surface area contributed by atoms with Gasteiger partial charge in [0.05, 0.1) is 0 Å². The number of nitrogens with zero attached hydrogens (tertiary/aromatic N) is 1. The average Bonchev–Trinajstić information content (AvgIpc) is 2.76. The predicted molar refractivity (Wildman–Crippen MR) is 63.1 cm³/mol. The number of hydrogen-bond donors (Lipinski definition) is 1. The molecule has 2 rings (SSSR count). The number of benzene rings is 1. The highest BCUT2D eigenvalue weighted by Crippen LogP contribution is 2.06. The molecular weight excluding hydrogens is 202 g/mol. The van der Waals surface area contributed by atoms with Crippen molar-refractivity contribution in [2.45, 2.75) is 0 Å². The number of aromatic nitrogens is 1. The molecule has 0 aliphatic carbocycles.